The summed E-state index contributed by atoms with van der Waals surface area (Å²) in [7, 11) is 0. The maximum atomic E-state index is 4.25. The van der Waals surface area contributed by atoms with Gasteiger partial charge in [0.25, 0.3) is 0 Å². The molecule has 0 aliphatic rings. The van der Waals surface area contributed by atoms with Gasteiger partial charge in [0.1, 0.15) is 0 Å². The number of hydrogen-bond donors (Lipinski definition) is 0. The summed E-state index contributed by atoms with van der Waals surface area (Å²) in [4.78, 5) is 0. The van der Waals surface area contributed by atoms with Crippen molar-refractivity contribution in [1.29, 1.82) is 0 Å². The first-order chi connectivity index (χ1) is 7.57. The summed E-state index contributed by atoms with van der Waals surface area (Å²) in [6.07, 6.45) is 4.25. The van der Waals surface area contributed by atoms with Crippen LogP contribution >= 0.6 is 6.89 Å². The average Bonchev–Trinajstić information content (AvgIpc) is 2.29. The molecule has 0 saturated heterocycles. The molecule has 2 aromatic carbocycles. The standard InChI is InChI=1S/C15H17P/c1-16(2,3)15-11-9-14(10-12-15)13-7-5-4-6-8-13/h4-12H,1H2,2-3H3. The molecule has 2 rings (SSSR count). The smallest absolute Gasteiger partial charge is 0.0184 e. The van der Waals surface area contributed by atoms with E-state index < -0.39 is 6.89 Å². The molecule has 1 heteroatoms. The van der Waals surface area contributed by atoms with Gasteiger partial charge in [-0.1, -0.05) is 67.8 Å². The molecule has 16 heavy (non-hydrogen) atoms. The largest absolute Gasteiger partial charge is 0.0971 e. The van der Waals surface area contributed by atoms with E-state index >= 15 is 0 Å². The molecule has 82 valence electrons. The monoisotopic (exact) mass is 228 g/mol. The molecule has 0 radical (unpaired) electrons. The van der Waals surface area contributed by atoms with Gasteiger partial charge in [0.05, 0.1) is 0 Å². The van der Waals surface area contributed by atoms with Gasteiger partial charge in [-0.3, -0.25) is 0 Å². The zero-order valence-electron chi connectivity index (χ0n) is 9.85. The zero-order chi connectivity index (χ0) is 11.6. The predicted molar refractivity (Wildman–Crippen MR) is 77.4 cm³/mol. The summed E-state index contributed by atoms with van der Waals surface area (Å²) in [6, 6.07) is 19.3. The lowest BCUT2D eigenvalue weighted by Gasteiger charge is -2.13. The van der Waals surface area contributed by atoms with Crippen LogP contribution in [0.5, 0.6) is 0 Å². The van der Waals surface area contributed by atoms with Crippen molar-refractivity contribution in [2.75, 3.05) is 13.3 Å². The third-order valence-electron chi connectivity index (χ3n) is 2.67. The second-order valence-electron chi connectivity index (χ2n) is 4.60. The zero-order valence-corrected chi connectivity index (χ0v) is 10.7. The Morgan fingerprint density at radius 1 is 0.750 bits per heavy atom. The minimum Gasteiger partial charge on any atom is -0.0971 e. The Labute approximate surface area is 97.9 Å². The molecule has 0 aromatic heterocycles. The van der Waals surface area contributed by atoms with Crippen molar-refractivity contribution < 1.29 is 0 Å². The van der Waals surface area contributed by atoms with Gasteiger partial charge in [0.2, 0.25) is 0 Å². The summed E-state index contributed by atoms with van der Waals surface area (Å²) in [5.74, 6) is 0. The van der Waals surface area contributed by atoms with Crippen LogP contribution in [0.25, 0.3) is 11.1 Å². The maximum Gasteiger partial charge on any atom is -0.0184 e. The lowest BCUT2D eigenvalue weighted by molar-refractivity contribution is 1.64. The van der Waals surface area contributed by atoms with Gasteiger partial charge in [0, 0.05) is 0 Å². The van der Waals surface area contributed by atoms with Gasteiger partial charge in [-0.25, -0.2) is 0 Å². The predicted octanol–water partition coefficient (Wildman–Crippen LogP) is 3.69. The fourth-order valence-electron chi connectivity index (χ4n) is 1.69. The molecule has 0 heterocycles. The van der Waals surface area contributed by atoms with Crippen LogP contribution in [-0.2, 0) is 0 Å². The van der Waals surface area contributed by atoms with Crippen LogP contribution in [0.15, 0.2) is 54.6 Å². The highest BCUT2D eigenvalue weighted by Gasteiger charge is 2.03. The highest BCUT2D eigenvalue weighted by Crippen LogP contribution is 2.34. The highest BCUT2D eigenvalue weighted by molar-refractivity contribution is 7.79. The third kappa shape index (κ3) is 2.46. The van der Waals surface area contributed by atoms with Crippen molar-refractivity contribution >= 4 is 18.5 Å². The normalized spacial score (nSPS) is 11.4. The SMILES string of the molecule is C=P(C)(C)c1ccc(-c2ccccc2)cc1. The highest BCUT2D eigenvalue weighted by atomic mass is 31.2. The Kier molecular flexibility index (Phi) is 3.03. The van der Waals surface area contributed by atoms with Crippen molar-refractivity contribution in [3.8, 4) is 11.1 Å². The molecule has 0 bridgehead atoms. The second-order valence-corrected chi connectivity index (χ2v) is 8.48. The summed E-state index contributed by atoms with van der Waals surface area (Å²) in [5.41, 5.74) is 2.55. The van der Waals surface area contributed by atoms with Gasteiger partial charge in [-0.05, 0) is 29.8 Å². The summed E-state index contributed by atoms with van der Waals surface area (Å²) >= 11 is 0. The number of benzene rings is 2. The van der Waals surface area contributed by atoms with Crippen LogP contribution in [0.4, 0.5) is 0 Å². The molecule has 0 atom stereocenters. The van der Waals surface area contributed by atoms with E-state index in [0.29, 0.717) is 0 Å². The molecular weight excluding hydrogens is 211 g/mol. The van der Waals surface area contributed by atoms with Crippen molar-refractivity contribution in [1.82, 2.24) is 0 Å². The van der Waals surface area contributed by atoms with Crippen molar-refractivity contribution in [3.05, 3.63) is 54.6 Å². The molecule has 0 saturated carbocycles. The Morgan fingerprint density at radius 2 is 1.25 bits per heavy atom. The molecule has 0 amide bonds. The van der Waals surface area contributed by atoms with E-state index in [0.717, 1.165) is 0 Å². The van der Waals surface area contributed by atoms with Crippen LogP contribution in [0.1, 0.15) is 0 Å². The maximum absolute atomic E-state index is 4.25. The van der Waals surface area contributed by atoms with Gasteiger partial charge < -0.3 is 0 Å². The molecule has 2 aromatic rings. The van der Waals surface area contributed by atoms with Crippen molar-refractivity contribution in [3.63, 3.8) is 0 Å². The molecule has 0 N–H and O–H groups in total. The number of hydrogen-bond acceptors (Lipinski definition) is 0. The quantitative estimate of drug-likeness (QED) is 0.688. The topological polar surface area (TPSA) is 0 Å². The van der Waals surface area contributed by atoms with E-state index in [9.17, 15) is 0 Å². The van der Waals surface area contributed by atoms with Gasteiger partial charge in [0.15, 0.2) is 0 Å². The van der Waals surface area contributed by atoms with Crippen LogP contribution in [0.3, 0.4) is 0 Å². The first kappa shape index (κ1) is 11.2. The first-order valence-electron chi connectivity index (χ1n) is 5.42. The fourth-order valence-corrected chi connectivity index (χ4v) is 2.64. The van der Waals surface area contributed by atoms with E-state index in [4.69, 9.17) is 0 Å². The van der Waals surface area contributed by atoms with Gasteiger partial charge in [-0.15, -0.1) is 0 Å². The fraction of sp³-hybridized carbons (Fsp3) is 0.133. The van der Waals surface area contributed by atoms with Crippen molar-refractivity contribution in [2.45, 2.75) is 0 Å². The molecule has 0 aliphatic heterocycles. The van der Waals surface area contributed by atoms with E-state index in [1.807, 2.05) is 6.07 Å². The molecule has 0 spiro atoms. The minimum atomic E-state index is -1.13. The first-order valence-corrected chi connectivity index (χ1v) is 8.28. The van der Waals surface area contributed by atoms with Crippen LogP contribution < -0.4 is 5.30 Å². The Morgan fingerprint density at radius 3 is 1.75 bits per heavy atom. The van der Waals surface area contributed by atoms with Crippen LogP contribution in [0.2, 0.25) is 0 Å². The molecular formula is C15H17P. The number of rotatable bonds is 2. The van der Waals surface area contributed by atoms with Gasteiger partial charge >= 0.3 is 0 Å². The van der Waals surface area contributed by atoms with E-state index in [-0.39, 0.29) is 0 Å². The van der Waals surface area contributed by atoms with E-state index in [1.54, 1.807) is 0 Å². The van der Waals surface area contributed by atoms with Gasteiger partial charge in [-0.2, -0.15) is 0 Å². The lowest BCUT2D eigenvalue weighted by Crippen LogP contribution is -2.01. The molecule has 0 aliphatic carbocycles. The average molecular weight is 228 g/mol. The summed E-state index contributed by atoms with van der Waals surface area (Å²) in [5, 5.41) is 1.38. The minimum absolute atomic E-state index is 1.13. The van der Waals surface area contributed by atoms with E-state index in [1.165, 1.54) is 16.4 Å². The second kappa shape index (κ2) is 4.31. The summed E-state index contributed by atoms with van der Waals surface area (Å²) in [6.45, 7) is 3.35. The molecule has 0 unspecified atom stereocenters. The Bertz CT molecular complexity index is 503. The van der Waals surface area contributed by atoms with Crippen LogP contribution in [0, 0.1) is 0 Å². The van der Waals surface area contributed by atoms with Crippen molar-refractivity contribution in [2.24, 2.45) is 0 Å². The van der Waals surface area contributed by atoms with E-state index in [2.05, 4.69) is 68.2 Å². The Hall–Kier alpha value is -1.26. The van der Waals surface area contributed by atoms with Crippen LogP contribution in [-0.4, -0.2) is 19.6 Å². The molecule has 0 nitrogen and oxygen atoms in total. The summed E-state index contributed by atoms with van der Waals surface area (Å²) < 4.78 is 0. The lowest BCUT2D eigenvalue weighted by atomic mass is 10.1. The molecule has 0 fully saturated rings. The Balaban J connectivity index is 2.38. The third-order valence-corrected chi connectivity index (χ3v) is 4.37.